The maximum Gasteiger partial charge on any atom is 0.227 e. The first-order valence-corrected chi connectivity index (χ1v) is 6.90. The number of nitrogens with one attached hydrogen (secondary N) is 2. The minimum atomic E-state index is -0.0835. The molecule has 1 unspecified atom stereocenters. The number of amides is 2. The molecule has 100 valence electrons. The van der Waals surface area contributed by atoms with Crippen LogP contribution in [0.4, 0.5) is 5.69 Å². The van der Waals surface area contributed by atoms with E-state index in [9.17, 15) is 9.59 Å². The molecule has 0 bridgehead atoms. The van der Waals surface area contributed by atoms with Gasteiger partial charge < -0.3 is 10.6 Å². The Morgan fingerprint density at radius 2 is 2.11 bits per heavy atom. The van der Waals surface area contributed by atoms with Gasteiger partial charge in [0.05, 0.1) is 0 Å². The Morgan fingerprint density at radius 3 is 2.89 bits per heavy atom. The van der Waals surface area contributed by atoms with Crippen LogP contribution in [0.25, 0.3) is 0 Å². The predicted octanol–water partition coefficient (Wildman–Crippen LogP) is 1.86. The quantitative estimate of drug-likeness (QED) is 0.866. The smallest absolute Gasteiger partial charge is 0.227 e. The van der Waals surface area contributed by atoms with Crippen molar-refractivity contribution in [2.24, 2.45) is 5.92 Å². The number of benzene rings is 1. The highest BCUT2D eigenvalue weighted by atomic mass is 16.2. The number of hydrogen-bond acceptors (Lipinski definition) is 2. The Hall–Kier alpha value is -1.84. The summed E-state index contributed by atoms with van der Waals surface area (Å²) in [5, 5.41) is 5.87. The number of fused-ring (bicyclic) bond motifs is 1. The van der Waals surface area contributed by atoms with Crippen LogP contribution in [0.3, 0.4) is 0 Å². The lowest BCUT2D eigenvalue weighted by atomic mass is 9.89. The van der Waals surface area contributed by atoms with Crippen molar-refractivity contribution < 1.29 is 9.59 Å². The van der Waals surface area contributed by atoms with E-state index >= 15 is 0 Å². The first kappa shape index (κ1) is 12.2. The summed E-state index contributed by atoms with van der Waals surface area (Å²) in [6.45, 7) is 0. The highest BCUT2D eigenvalue weighted by molar-refractivity contribution is 5.96. The molecule has 1 saturated carbocycles. The molecule has 19 heavy (non-hydrogen) atoms. The van der Waals surface area contributed by atoms with Crippen LogP contribution in [0.2, 0.25) is 0 Å². The van der Waals surface area contributed by atoms with E-state index < -0.39 is 0 Å². The predicted molar refractivity (Wildman–Crippen MR) is 72.7 cm³/mol. The zero-order valence-corrected chi connectivity index (χ0v) is 10.8. The average molecular weight is 258 g/mol. The highest BCUT2D eigenvalue weighted by Crippen LogP contribution is 2.27. The summed E-state index contributed by atoms with van der Waals surface area (Å²) in [6, 6.07) is 8.25. The number of hydrogen-bond donors (Lipinski definition) is 2. The molecule has 0 saturated heterocycles. The molecule has 1 aliphatic heterocycles. The van der Waals surface area contributed by atoms with E-state index in [1.54, 1.807) is 0 Å². The maximum atomic E-state index is 12.0. The molecule has 1 aliphatic carbocycles. The maximum absolute atomic E-state index is 12.0. The fourth-order valence-electron chi connectivity index (χ4n) is 2.48. The van der Waals surface area contributed by atoms with Crippen LogP contribution in [0.1, 0.15) is 31.2 Å². The van der Waals surface area contributed by atoms with Crippen LogP contribution >= 0.6 is 0 Å². The summed E-state index contributed by atoms with van der Waals surface area (Å²) >= 11 is 0. The largest absolute Gasteiger partial charge is 0.353 e. The third-order valence-electron chi connectivity index (χ3n) is 3.77. The van der Waals surface area contributed by atoms with Gasteiger partial charge in [-0.15, -0.1) is 0 Å². The summed E-state index contributed by atoms with van der Waals surface area (Å²) < 4.78 is 0. The van der Waals surface area contributed by atoms with E-state index in [0.29, 0.717) is 18.9 Å². The zero-order valence-electron chi connectivity index (χ0n) is 10.8. The topological polar surface area (TPSA) is 58.2 Å². The summed E-state index contributed by atoms with van der Waals surface area (Å²) in [4.78, 5) is 23.6. The van der Waals surface area contributed by atoms with Gasteiger partial charge in [-0.1, -0.05) is 18.2 Å². The monoisotopic (exact) mass is 258 g/mol. The molecule has 4 heteroatoms. The van der Waals surface area contributed by atoms with Crippen LogP contribution in [0, 0.1) is 5.92 Å². The van der Waals surface area contributed by atoms with E-state index in [2.05, 4.69) is 10.6 Å². The Labute approximate surface area is 112 Å². The number of carbonyl (C=O) groups is 2. The average Bonchev–Trinajstić information content (AvgIpc) is 3.20. The number of para-hydroxylation sites is 1. The minimum Gasteiger partial charge on any atom is -0.353 e. The second-order valence-corrected chi connectivity index (χ2v) is 5.43. The Balaban J connectivity index is 1.56. The van der Waals surface area contributed by atoms with Crippen molar-refractivity contribution in [2.45, 2.75) is 38.1 Å². The lowest BCUT2D eigenvalue weighted by Crippen LogP contribution is -2.32. The molecule has 1 fully saturated rings. The van der Waals surface area contributed by atoms with Gasteiger partial charge in [0, 0.05) is 24.1 Å². The van der Waals surface area contributed by atoms with Crippen LogP contribution < -0.4 is 10.6 Å². The van der Waals surface area contributed by atoms with Crippen molar-refractivity contribution in [1.29, 1.82) is 0 Å². The molecule has 0 spiro atoms. The van der Waals surface area contributed by atoms with Crippen molar-refractivity contribution >= 4 is 17.5 Å². The summed E-state index contributed by atoms with van der Waals surface area (Å²) in [6.07, 6.45) is 4.00. The third-order valence-corrected chi connectivity index (χ3v) is 3.77. The standard InChI is InChI=1S/C15H18N2O2/c18-14(16-12-6-7-12)8-5-11-9-10-3-1-2-4-13(10)17-15(11)19/h1-4,11-12H,5-9H2,(H,16,18)(H,17,19). The molecule has 2 aliphatic rings. The Morgan fingerprint density at radius 1 is 1.32 bits per heavy atom. The lowest BCUT2D eigenvalue weighted by molar-refractivity contribution is -0.122. The van der Waals surface area contributed by atoms with Gasteiger partial charge in [0.25, 0.3) is 0 Å². The first-order valence-electron chi connectivity index (χ1n) is 6.90. The second-order valence-electron chi connectivity index (χ2n) is 5.43. The fraction of sp³-hybridized carbons (Fsp3) is 0.467. The van der Waals surface area contributed by atoms with Gasteiger partial charge in [-0.2, -0.15) is 0 Å². The van der Waals surface area contributed by atoms with Crippen molar-refractivity contribution in [3.8, 4) is 0 Å². The molecule has 2 N–H and O–H groups in total. The fourth-order valence-corrected chi connectivity index (χ4v) is 2.48. The number of rotatable bonds is 4. The van der Waals surface area contributed by atoms with Crippen molar-refractivity contribution in [3.05, 3.63) is 29.8 Å². The van der Waals surface area contributed by atoms with Crippen LogP contribution in [-0.2, 0) is 16.0 Å². The third kappa shape index (κ3) is 2.95. The number of anilines is 1. The van der Waals surface area contributed by atoms with Gasteiger partial charge >= 0.3 is 0 Å². The second kappa shape index (κ2) is 5.03. The van der Waals surface area contributed by atoms with Crippen molar-refractivity contribution in [2.75, 3.05) is 5.32 Å². The molecule has 4 nitrogen and oxygen atoms in total. The van der Waals surface area contributed by atoms with Gasteiger partial charge in [0.2, 0.25) is 11.8 Å². The summed E-state index contributed by atoms with van der Waals surface area (Å²) in [5.41, 5.74) is 2.07. The van der Waals surface area contributed by atoms with Crippen LogP contribution in [-0.4, -0.2) is 17.9 Å². The minimum absolute atomic E-state index is 0.0397. The molecular formula is C15H18N2O2. The summed E-state index contributed by atoms with van der Waals surface area (Å²) in [5.74, 6) is 0.0342. The molecule has 1 heterocycles. The molecule has 1 aromatic rings. The van der Waals surface area contributed by atoms with Gasteiger partial charge in [0.1, 0.15) is 0 Å². The molecule has 0 aromatic heterocycles. The SMILES string of the molecule is O=C(CCC1Cc2ccccc2NC1=O)NC1CC1. The van der Waals surface area contributed by atoms with Crippen LogP contribution in [0.5, 0.6) is 0 Å². The molecule has 1 atom stereocenters. The van der Waals surface area contributed by atoms with Gasteiger partial charge in [-0.3, -0.25) is 9.59 Å². The highest BCUT2D eigenvalue weighted by Gasteiger charge is 2.27. The van der Waals surface area contributed by atoms with E-state index in [1.165, 1.54) is 0 Å². The summed E-state index contributed by atoms with van der Waals surface area (Å²) in [7, 11) is 0. The Bertz CT molecular complexity index is 509. The van der Waals surface area contributed by atoms with Crippen LogP contribution in [0.15, 0.2) is 24.3 Å². The molecular weight excluding hydrogens is 240 g/mol. The molecule has 3 rings (SSSR count). The zero-order chi connectivity index (χ0) is 13.2. The van der Waals surface area contributed by atoms with E-state index in [-0.39, 0.29) is 17.7 Å². The molecule has 1 aromatic carbocycles. The van der Waals surface area contributed by atoms with E-state index in [4.69, 9.17) is 0 Å². The van der Waals surface area contributed by atoms with Crippen molar-refractivity contribution in [1.82, 2.24) is 5.32 Å². The molecule has 2 amide bonds. The van der Waals surface area contributed by atoms with Gasteiger partial charge in [-0.05, 0) is 37.3 Å². The normalized spacial score (nSPS) is 21.5. The van der Waals surface area contributed by atoms with E-state index in [1.807, 2.05) is 24.3 Å². The molecule has 0 radical (unpaired) electrons. The van der Waals surface area contributed by atoms with Gasteiger partial charge in [0.15, 0.2) is 0 Å². The number of carbonyl (C=O) groups excluding carboxylic acids is 2. The van der Waals surface area contributed by atoms with Gasteiger partial charge in [-0.25, -0.2) is 0 Å². The first-order chi connectivity index (χ1) is 9.22. The van der Waals surface area contributed by atoms with Crippen molar-refractivity contribution in [3.63, 3.8) is 0 Å². The Kier molecular flexibility index (Phi) is 3.23. The van der Waals surface area contributed by atoms with E-state index in [0.717, 1.165) is 30.5 Å². The lowest BCUT2D eigenvalue weighted by Gasteiger charge is -2.24.